The zero-order valence-electron chi connectivity index (χ0n) is 6.61. The van der Waals surface area contributed by atoms with Crippen LogP contribution in [0.3, 0.4) is 0 Å². The highest BCUT2D eigenvalue weighted by Gasteiger charge is 2.63. The molecule has 0 aromatic rings. The molecule has 1 aliphatic heterocycles. The summed E-state index contributed by atoms with van der Waals surface area (Å²) in [6.07, 6.45) is 0.878. The number of carbonyl (C=O) groups excluding carboxylic acids is 1. The van der Waals surface area contributed by atoms with Crippen molar-refractivity contribution in [3.05, 3.63) is 0 Å². The molecule has 1 saturated heterocycles. The molecule has 0 N–H and O–H groups in total. The zero-order valence-corrected chi connectivity index (χ0v) is 6.61. The van der Waals surface area contributed by atoms with Crippen molar-refractivity contribution in [2.24, 2.45) is 0 Å². The Kier molecular flexibility index (Phi) is 1.52. The first-order valence-corrected chi connectivity index (χ1v) is 4.09. The molecule has 0 unspecified atom stereocenters. The molecule has 0 atom stereocenters. The number of hydrogen-bond acceptors (Lipinski definition) is 2. The average Bonchev–Trinajstić information content (AvgIpc) is 2.04. The molecule has 0 amide bonds. The Morgan fingerprint density at radius 2 is 1.83 bits per heavy atom. The maximum atomic E-state index is 13.0. The minimum absolute atomic E-state index is 0.0759. The summed E-state index contributed by atoms with van der Waals surface area (Å²) in [5.74, 6) is -2.62. The van der Waals surface area contributed by atoms with Gasteiger partial charge in [0.15, 0.2) is 0 Å². The van der Waals surface area contributed by atoms with Gasteiger partial charge in [0, 0.05) is 12.8 Å². The molecule has 4 heteroatoms. The minimum atomic E-state index is -2.70. The SMILES string of the molecule is O=C1CCC2(CC1)OCC2(F)F. The zero-order chi connectivity index (χ0) is 8.82. The van der Waals surface area contributed by atoms with Crippen LogP contribution in [-0.2, 0) is 9.53 Å². The summed E-state index contributed by atoms with van der Waals surface area (Å²) in [5, 5.41) is 0. The minimum Gasteiger partial charge on any atom is -0.362 e. The van der Waals surface area contributed by atoms with Crippen LogP contribution in [0.5, 0.6) is 0 Å². The van der Waals surface area contributed by atoms with E-state index in [-0.39, 0.29) is 31.5 Å². The topological polar surface area (TPSA) is 26.3 Å². The molecule has 2 fully saturated rings. The number of rotatable bonds is 0. The third-order valence-electron chi connectivity index (χ3n) is 2.81. The quantitative estimate of drug-likeness (QED) is 0.559. The number of carbonyl (C=O) groups is 1. The van der Waals surface area contributed by atoms with E-state index in [2.05, 4.69) is 0 Å². The van der Waals surface area contributed by atoms with E-state index in [1.807, 2.05) is 0 Å². The van der Waals surface area contributed by atoms with E-state index in [1.54, 1.807) is 0 Å². The maximum absolute atomic E-state index is 13.0. The van der Waals surface area contributed by atoms with E-state index in [4.69, 9.17) is 4.74 Å². The molecule has 1 heterocycles. The van der Waals surface area contributed by atoms with Gasteiger partial charge in [-0.2, -0.15) is 0 Å². The Hall–Kier alpha value is -0.510. The molecule has 12 heavy (non-hydrogen) atoms. The van der Waals surface area contributed by atoms with Gasteiger partial charge < -0.3 is 4.74 Å². The lowest BCUT2D eigenvalue weighted by atomic mass is 9.76. The smallest absolute Gasteiger partial charge is 0.299 e. The van der Waals surface area contributed by atoms with Crippen LogP contribution >= 0.6 is 0 Å². The molecule has 0 radical (unpaired) electrons. The van der Waals surface area contributed by atoms with Crippen molar-refractivity contribution < 1.29 is 18.3 Å². The summed E-state index contributed by atoms with van der Waals surface area (Å²) in [6.45, 7) is -0.471. The van der Waals surface area contributed by atoms with E-state index in [0.29, 0.717) is 0 Å². The van der Waals surface area contributed by atoms with Crippen LogP contribution in [-0.4, -0.2) is 23.9 Å². The average molecular weight is 176 g/mol. The lowest BCUT2D eigenvalue weighted by Crippen LogP contribution is -2.64. The second-order valence-electron chi connectivity index (χ2n) is 3.53. The van der Waals surface area contributed by atoms with Crippen molar-refractivity contribution in [1.82, 2.24) is 0 Å². The number of ether oxygens (including phenoxy) is 1. The summed E-state index contributed by atoms with van der Waals surface area (Å²) in [6, 6.07) is 0. The van der Waals surface area contributed by atoms with Gasteiger partial charge in [-0.3, -0.25) is 4.79 Å². The first-order chi connectivity index (χ1) is 5.56. The highest BCUT2D eigenvalue weighted by atomic mass is 19.3. The fourth-order valence-corrected chi connectivity index (χ4v) is 1.83. The highest BCUT2D eigenvalue weighted by Crippen LogP contribution is 2.49. The molecule has 0 aromatic carbocycles. The molecule has 2 nitrogen and oxygen atoms in total. The van der Waals surface area contributed by atoms with Crippen LogP contribution in [0.4, 0.5) is 8.78 Å². The van der Waals surface area contributed by atoms with Crippen molar-refractivity contribution in [1.29, 1.82) is 0 Å². The Balaban J connectivity index is 2.09. The van der Waals surface area contributed by atoms with Crippen LogP contribution < -0.4 is 0 Å². The fourth-order valence-electron chi connectivity index (χ4n) is 1.83. The molecular weight excluding hydrogens is 166 g/mol. The summed E-state index contributed by atoms with van der Waals surface area (Å²) < 4.78 is 30.9. The van der Waals surface area contributed by atoms with Crippen LogP contribution in [0.1, 0.15) is 25.7 Å². The third kappa shape index (κ3) is 0.905. The van der Waals surface area contributed by atoms with Crippen molar-refractivity contribution in [2.45, 2.75) is 37.2 Å². The predicted molar refractivity (Wildman–Crippen MR) is 37.1 cm³/mol. The van der Waals surface area contributed by atoms with Crippen molar-refractivity contribution >= 4 is 5.78 Å². The van der Waals surface area contributed by atoms with E-state index in [9.17, 15) is 13.6 Å². The molecule has 0 aromatic heterocycles. The summed E-state index contributed by atoms with van der Waals surface area (Å²) >= 11 is 0. The van der Waals surface area contributed by atoms with Crippen LogP contribution in [0.2, 0.25) is 0 Å². The van der Waals surface area contributed by atoms with Crippen LogP contribution in [0, 0.1) is 0 Å². The maximum Gasteiger partial charge on any atom is 0.299 e. The Bertz CT molecular complexity index is 215. The lowest BCUT2D eigenvalue weighted by molar-refractivity contribution is -0.335. The number of halogens is 2. The summed E-state index contributed by atoms with van der Waals surface area (Å²) in [5.41, 5.74) is -1.28. The second kappa shape index (κ2) is 2.25. The van der Waals surface area contributed by atoms with Crippen molar-refractivity contribution in [3.8, 4) is 0 Å². The van der Waals surface area contributed by atoms with Gasteiger partial charge in [0.2, 0.25) is 0 Å². The monoisotopic (exact) mass is 176 g/mol. The summed E-state index contributed by atoms with van der Waals surface area (Å²) in [7, 11) is 0. The molecule has 0 bridgehead atoms. The molecule has 68 valence electrons. The normalized spacial score (nSPS) is 31.7. The fraction of sp³-hybridized carbons (Fsp3) is 0.875. The molecule has 1 saturated carbocycles. The first-order valence-electron chi connectivity index (χ1n) is 4.09. The Labute approximate surface area is 68.9 Å². The van der Waals surface area contributed by atoms with Crippen LogP contribution in [0.25, 0.3) is 0 Å². The third-order valence-corrected chi connectivity index (χ3v) is 2.81. The summed E-state index contributed by atoms with van der Waals surface area (Å²) in [4.78, 5) is 10.8. The molecule has 1 aliphatic carbocycles. The van der Waals surface area contributed by atoms with Gasteiger partial charge in [0.05, 0.1) is 0 Å². The van der Waals surface area contributed by atoms with Gasteiger partial charge in [0.1, 0.15) is 18.0 Å². The molecule has 2 rings (SSSR count). The van der Waals surface area contributed by atoms with Gasteiger partial charge in [-0.25, -0.2) is 8.78 Å². The molecule has 2 aliphatic rings. The lowest BCUT2D eigenvalue weighted by Gasteiger charge is -2.50. The number of alkyl halides is 2. The van der Waals surface area contributed by atoms with E-state index in [1.165, 1.54) is 0 Å². The Morgan fingerprint density at radius 1 is 1.25 bits per heavy atom. The van der Waals surface area contributed by atoms with Crippen LogP contribution in [0.15, 0.2) is 0 Å². The largest absolute Gasteiger partial charge is 0.362 e. The van der Waals surface area contributed by atoms with Gasteiger partial charge in [0.25, 0.3) is 5.92 Å². The second-order valence-corrected chi connectivity index (χ2v) is 3.53. The highest BCUT2D eigenvalue weighted by molar-refractivity contribution is 5.79. The predicted octanol–water partition coefficient (Wildman–Crippen LogP) is 1.53. The van der Waals surface area contributed by atoms with Crippen molar-refractivity contribution in [3.63, 3.8) is 0 Å². The first kappa shape index (κ1) is 8.10. The standard InChI is InChI=1S/C8H10F2O2/c9-8(10)5-12-7(8)3-1-6(11)2-4-7/h1-5H2. The van der Waals surface area contributed by atoms with Gasteiger partial charge in [-0.05, 0) is 12.8 Å². The number of ketones is 1. The van der Waals surface area contributed by atoms with Gasteiger partial charge in [-0.1, -0.05) is 0 Å². The van der Waals surface area contributed by atoms with E-state index >= 15 is 0 Å². The van der Waals surface area contributed by atoms with E-state index in [0.717, 1.165) is 0 Å². The Morgan fingerprint density at radius 3 is 2.17 bits per heavy atom. The molecular formula is C8H10F2O2. The van der Waals surface area contributed by atoms with E-state index < -0.39 is 18.1 Å². The van der Waals surface area contributed by atoms with Gasteiger partial charge >= 0.3 is 0 Å². The molecule has 1 spiro atoms. The van der Waals surface area contributed by atoms with Crippen molar-refractivity contribution in [2.75, 3.05) is 6.61 Å². The van der Waals surface area contributed by atoms with Gasteiger partial charge in [-0.15, -0.1) is 0 Å². The number of Topliss-reactive ketones (excluding diaryl/α,β-unsaturated/α-hetero) is 1. The number of hydrogen-bond donors (Lipinski definition) is 0.